The van der Waals surface area contributed by atoms with Gasteiger partial charge in [0.2, 0.25) is 11.7 Å². The van der Waals surface area contributed by atoms with Crippen LogP contribution in [0.3, 0.4) is 0 Å². The second-order valence-electron chi connectivity index (χ2n) is 12.1. The van der Waals surface area contributed by atoms with Gasteiger partial charge in [-0.25, -0.2) is 4.98 Å². The van der Waals surface area contributed by atoms with Gasteiger partial charge in [-0.15, -0.1) is 23.1 Å². The van der Waals surface area contributed by atoms with Crippen molar-refractivity contribution in [3.63, 3.8) is 0 Å². The molecule has 3 N–H and O–H groups in total. The van der Waals surface area contributed by atoms with Crippen LogP contribution in [0.2, 0.25) is 0 Å². The zero-order valence-corrected chi connectivity index (χ0v) is 32.1. The first-order valence-corrected chi connectivity index (χ1v) is 18.8. The Kier molecular flexibility index (Phi) is 12.6. The molecular weight excluding hydrogens is 733 g/mol. The van der Waals surface area contributed by atoms with E-state index in [1.807, 2.05) is 73.0 Å². The van der Waals surface area contributed by atoms with E-state index < -0.39 is 17.1 Å². The van der Waals surface area contributed by atoms with Crippen LogP contribution in [-0.4, -0.2) is 44.0 Å². The topological polar surface area (TPSA) is 128 Å². The monoisotopic (exact) mass is 770 g/mol. The summed E-state index contributed by atoms with van der Waals surface area (Å²) in [5.41, 5.74) is 5.02. The third-order valence-corrected chi connectivity index (χ3v) is 10.3. The zero-order valence-electron chi connectivity index (χ0n) is 30.5. The van der Waals surface area contributed by atoms with Crippen LogP contribution in [0, 0.1) is 6.92 Å². The molecule has 3 amide bonds. The van der Waals surface area contributed by atoms with E-state index in [1.165, 1.54) is 50.5 Å². The summed E-state index contributed by atoms with van der Waals surface area (Å²) in [5, 5.41) is 10.5. The Morgan fingerprint density at radius 2 is 1.44 bits per heavy atom. The number of thioether (sulfide) groups is 1. The minimum absolute atomic E-state index is 0.0313. The van der Waals surface area contributed by atoms with E-state index in [-0.39, 0.29) is 11.6 Å². The number of methoxy groups -OCH3 is 3. The summed E-state index contributed by atoms with van der Waals surface area (Å²) in [6.45, 7) is 2.03. The van der Waals surface area contributed by atoms with Gasteiger partial charge >= 0.3 is 0 Å². The molecule has 1 unspecified atom stereocenters. The molecule has 0 spiro atoms. The number of rotatable bonds is 14. The fraction of sp³-hybridized carbons (Fsp3) is 0.116. The van der Waals surface area contributed by atoms with Crippen LogP contribution in [0.25, 0.3) is 17.3 Å². The van der Waals surface area contributed by atoms with Gasteiger partial charge < -0.3 is 30.2 Å². The zero-order chi connectivity index (χ0) is 38.7. The molecule has 55 heavy (non-hydrogen) atoms. The number of nitrogens with one attached hydrogen (secondary N) is 3. The van der Waals surface area contributed by atoms with Crippen molar-refractivity contribution in [3.05, 3.63) is 155 Å². The lowest BCUT2D eigenvalue weighted by molar-refractivity contribution is -0.116. The number of carbonyl (C=O) groups is 3. The summed E-state index contributed by atoms with van der Waals surface area (Å²) in [6, 6.07) is 36.6. The van der Waals surface area contributed by atoms with Crippen LogP contribution in [0.15, 0.2) is 137 Å². The van der Waals surface area contributed by atoms with Crippen LogP contribution in [0.4, 0.5) is 10.8 Å². The highest BCUT2D eigenvalue weighted by Gasteiger charge is 2.24. The number of aryl methyl sites for hydroxylation is 1. The summed E-state index contributed by atoms with van der Waals surface area (Å²) in [5.74, 6) is -0.144. The van der Waals surface area contributed by atoms with Crippen LogP contribution in [0.5, 0.6) is 17.2 Å². The molecule has 0 aliphatic carbocycles. The Morgan fingerprint density at radius 3 is 2.09 bits per heavy atom. The van der Waals surface area contributed by atoms with Gasteiger partial charge in [-0.2, -0.15) is 0 Å². The van der Waals surface area contributed by atoms with E-state index in [4.69, 9.17) is 14.2 Å². The molecule has 5 aromatic carbocycles. The Balaban J connectivity index is 1.25. The average molecular weight is 771 g/mol. The van der Waals surface area contributed by atoms with E-state index in [2.05, 4.69) is 20.9 Å². The van der Waals surface area contributed by atoms with Gasteiger partial charge in [0.15, 0.2) is 16.6 Å². The summed E-state index contributed by atoms with van der Waals surface area (Å²) in [7, 11) is 4.49. The highest BCUT2D eigenvalue weighted by atomic mass is 32.2. The largest absolute Gasteiger partial charge is 0.493 e. The number of aromatic nitrogens is 1. The first-order chi connectivity index (χ1) is 26.7. The van der Waals surface area contributed by atoms with Gasteiger partial charge in [0.25, 0.3) is 11.8 Å². The smallest absolute Gasteiger partial charge is 0.272 e. The molecule has 6 aromatic rings. The fourth-order valence-corrected chi connectivity index (χ4v) is 7.34. The van der Waals surface area contributed by atoms with Crippen LogP contribution < -0.4 is 30.2 Å². The van der Waals surface area contributed by atoms with Gasteiger partial charge in [0.1, 0.15) is 10.9 Å². The Morgan fingerprint density at radius 1 is 0.764 bits per heavy atom. The molecule has 0 radical (unpaired) electrons. The maximum absolute atomic E-state index is 13.9. The van der Waals surface area contributed by atoms with Gasteiger partial charge in [-0.1, -0.05) is 84.4 Å². The van der Waals surface area contributed by atoms with E-state index in [1.54, 1.807) is 60.7 Å². The number of thiazole rings is 1. The fourth-order valence-electron chi connectivity index (χ4n) is 5.54. The molecule has 1 heterocycles. The lowest BCUT2D eigenvalue weighted by atomic mass is 10.1. The average Bonchev–Trinajstić information content (AvgIpc) is 3.68. The van der Waals surface area contributed by atoms with Crippen molar-refractivity contribution in [3.8, 4) is 28.5 Å². The predicted octanol–water partition coefficient (Wildman–Crippen LogP) is 9.03. The SMILES string of the molecule is COc1cc(/C=C(/NC(=O)c2ccccc2)C(=O)Nc2cccc(SC(C(=O)Nc3nc(-c4ccc(C)cc4)cs3)c3ccccc3)c2)cc(OC)c1OC. The van der Waals surface area contributed by atoms with Gasteiger partial charge in [-0.3, -0.25) is 14.4 Å². The molecular formula is C43H38N4O6S2. The summed E-state index contributed by atoms with van der Waals surface area (Å²) in [6.07, 6.45) is 1.53. The molecule has 278 valence electrons. The molecule has 0 bridgehead atoms. The van der Waals surface area contributed by atoms with Crippen molar-refractivity contribution in [1.82, 2.24) is 10.3 Å². The third kappa shape index (κ3) is 9.79. The van der Waals surface area contributed by atoms with Crippen molar-refractivity contribution in [2.75, 3.05) is 32.0 Å². The molecule has 0 saturated carbocycles. The molecule has 10 nitrogen and oxygen atoms in total. The van der Waals surface area contributed by atoms with Crippen molar-refractivity contribution >= 4 is 57.7 Å². The summed E-state index contributed by atoms with van der Waals surface area (Å²) in [4.78, 5) is 46.5. The Bertz CT molecular complexity index is 2290. The number of amides is 3. The maximum Gasteiger partial charge on any atom is 0.272 e. The van der Waals surface area contributed by atoms with Crippen molar-refractivity contribution in [1.29, 1.82) is 0 Å². The number of hydrogen-bond acceptors (Lipinski definition) is 9. The number of benzene rings is 5. The Labute approximate surface area is 327 Å². The minimum Gasteiger partial charge on any atom is -0.493 e. The third-order valence-electron chi connectivity index (χ3n) is 8.29. The van der Waals surface area contributed by atoms with Crippen molar-refractivity contribution in [2.45, 2.75) is 17.1 Å². The van der Waals surface area contributed by atoms with E-state index in [0.29, 0.717) is 39.2 Å². The normalized spacial score (nSPS) is 11.6. The highest BCUT2D eigenvalue weighted by Crippen LogP contribution is 2.40. The number of anilines is 2. The predicted molar refractivity (Wildman–Crippen MR) is 219 cm³/mol. The summed E-state index contributed by atoms with van der Waals surface area (Å²) >= 11 is 2.70. The summed E-state index contributed by atoms with van der Waals surface area (Å²) < 4.78 is 16.5. The minimum atomic E-state index is -0.639. The number of ether oxygens (including phenoxy) is 3. The maximum atomic E-state index is 13.9. The van der Waals surface area contributed by atoms with Gasteiger partial charge in [-0.05, 0) is 66.6 Å². The highest BCUT2D eigenvalue weighted by molar-refractivity contribution is 8.00. The van der Waals surface area contributed by atoms with Crippen LogP contribution >= 0.6 is 23.1 Å². The number of hydrogen-bond donors (Lipinski definition) is 3. The molecule has 0 fully saturated rings. The van der Waals surface area contributed by atoms with Gasteiger partial charge in [0.05, 0.1) is 27.0 Å². The number of carbonyl (C=O) groups excluding carboxylic acids is 3. The van der Waals surface area contributed by atoms with Crippen LogP contribution in [0.1, 0.15) is 32.3 Å². The lowest BCUT2D eigenvalue weighted by Gasteiger charge is -2.17. The lowest BCUT2D eigenvalue weighted by Crippen LogP contribution is -2.30. The second kappa shape index (κ2) is 18.1. The standard InChI is InChI=1S/C43H38N4O6S2/c1-27-18-20-29(21-19-27)35-26-54-43(46-35)47-42(50)39(30-12-7-5-8-13-30)55-33-17-11-16-32(25-33)44-41(49)34(45-40(48)31-14-9-6-10-15-31)22-28-23-36(51-2)38(53-4)37(24-28)52-3/h5-26,39H,1-4H3,(H,44,49)(H,45,48)(H,46,47,50)/b34-22+. The molecule has 0 aliphatic heterocycles. The van der Waals surface area contributed by atoms with Crippen molar-refractivity contribution in [2.24, 2.45) is 0 Å². The molecule has 0 aliphatic rings. The molecule has 1 atom stereocenters. The second-order valence-corrected chi connectivity index (χ2v) is 14.2. The quantitative estimate of drug-likeness (QED) is 0.0740. The molecule has 0 saturated heterocycles. The molecule has 1 aromatic heterocycles. The van der Waals surface area contributed by atoms with E-state index in [9.17, 15) is 14.4 Å². The van der Waals surface area contributed by atoms with Crippen LogP contribution in [-0.2, 0) is 9.59 Å². The number of nitrogens with zero attached hydrogens (tertiary/aromatic N) is 1. The molecule has 6 rings (SSSR count). The first-order valence-electron chi connectivity index (χ1n) is 17.1. The molecule has 12 heteroatoms. The van der Waals surface area contributed by atoms with Crippen molar-refractivity contribution < 1.29 is 28.6 Å². The first kappa shape index (κ1) is 38.4. The van der Waals surface area contributed by atoms with E-state index >= 15 is 0 Å². The Hall–Kier alpha value is -6.37. The van der Waals surface area contributed by atoms with Gasteiger partial charge in [0, 0.05) is 27.1 Å². The van der Waals surface area contributed by atoms with E-state index in [0.717, 1.165) is 27.3 Å².